The molecule has 4 nitrogen and oxygen atoms in total. The molecule has 0 aromatic carbocycles. The maximum Gasteiger partial charge on any atom is 0.323 e. The Morgan fingerprint density at radius 1 is 1.79 bits per heavy atom. The fraction of sp³-hybridized carbons (Fsp3) is 0.625. The Bertz CT molecular complexity index is 263. The van der Waals surface area contributed by atoms with Crippen LogP contribution in [0.2, 0.25) is 0 Å². The highest BCUT2D eigenvalue weighted by molar-refractivity contribution is 7.86. The van der Waals surface area contributed by atoms with Gasteiger partial charge in [0.15, 0.2) is 0 Å². The molecular formula is C8H15ClNO3P. The summed E-state index contributed by atoms with van der Waals surface area (Å²) in [6.07, 6.45) is 1.54. The summed E-state index contributed by atoms with van der Waals surface area (Å²) in [6.45, 7) is 3.79. The third-order valence-corrected chi connectivity index (χ3v) is 3.77. The van der Waals surface area contributed by atoms with Crippen molar-refractivity contribution in [3.05, 3.63) is 12.7 Å². The van der Waals surface area contributed by atoms with E-state index in [1.54, 1.807) is 6.92 Å². The SMILES string of the molecule is C=CCN([C@@H](C)C(=O)OC)P(C)(=O)Cl. The van der Waals surface area contributed by atoms with Gasteiger partial charge < -0.3 is 4.74 Å². The van der Waals surface area contributed by atoms with Gasteiger partial charge in [-0.05, 0) is 18.2 Å². The van der Waals surface area contributed by atoms with Gasteiger partial charge in [0.2, 0.25) is 6.65 Å². The second-order valence-electron chi connectivity index (χ2n) is 2.89. The van der Waals surface area contributed by atoms with Gasteiger partial charge in [0.25, 0.3) is 0 Å². The first-order chi connectivity index (χ1) is 6.34. The Morgan fingerprint density at radius 3 is 2.57 bits per heavy atom. The minimum absolute atomic E-state index is 0.285. The van der Waals surface area contributed by atoms with E-state index in [9.17, 15) is 9.36 Å². The molecule has 0 fully saturated rings. The summed E-state index contributed by atoms with van der Waals surface area (Å²) in [5, 5.41) is 0. The molecule has 0 aromatic heterocycles. The average molecular weight is 240 g/mol. The van der Waals surface area contributed by atoms with Crippen molar-refractivity contribution >= 4 is 23.9 Å². The number of hydrogen-bond donors (Lipinski definition) is 0. The van der Waals surface area contributed by atoms with Crippen molar-refractivity contribution < 1.29 is 14.1 Å². The van der Waals surface area contributed by atoms with E-state index in [0.29, 0.717) is 0 Å². The van der Waals surface area contributed by atoms with E-state index < -0.39 is 18.7 Å². The lowest BCUT2D eigenvalue weighted by Gasteiger charge is -2.27. The third kappa shape index (κ3) is 3.82. The van der Waals surface area contributed by atoms with Crippen molar-refractivity contribution in [3.8, 4) is 0 Å². The fourth-order valence-corrected chi connectivity index (χ4v) is 2.74. The second-order valence-corrected chi connectivity index (χ2v) is 6.84. The predicted octanol–water partition coefficient (Wildman–Crippen LogP) is 2.10. The third-order valence-electron chi connectivity index (χ3n) is 1.76. The predicted molar refractivity (Wildman–Crippen MR) is 57.8 cm³/mol. The monoisotopic (exact) mass is 239 g/mol. The molecule has 2 atom stereocenters. The molecule has 14 heavy (non-hydrogen) atoms. The van der Waals surface area contributed by atoms with E-state index in [2.05, 4.69) is 11.3 Å². The number of rotatable bonds is 5. The van der Waals surface area contributed by atoms with E-state index in [4.69, 9.17) is 11.2 Å². The summed E-state index contributed by atoms with van der Waals surface area (Å²) in [5.74, 6) is -0.463. The summed E-state index contributed by atoms with van der Waals surface area (Å²) >= 11 is 5.70. The molecule has 0 saturated heterocycles. The first-order valence-electron chi connectivity index (χ1n) is 4.07. The van der Waals surface area contributed by atoms with Crippen LogP contribution in [0.5, 0.6) is 0 Å². The van der Waals surface area contributed by atoms with E-state index >= 15 is 0 Å². The van der Waals surface area contributed by atoms with Gasteiger partial charge in [-0.1, -0.05) is 6.08 Å². The molecule has 6 heteroatoms. The zero-order chi connectivity index (χ0) is 11.4. The molecule has 0 aliphatic carbocycles. The number of hydrogen-bond acceptors (Lipinski definition) is 3. The van der Waals surface area contributed by atoms with Gasteiger partial charge >= 0.3 is 5.97 Å². The topological polar surface area (TPSA) is 46.6 Å². The molecular weight excluding hydrogens is 225 g/mol. The van der Waals surface area contributed by atoms with Gasteiger partial charge in [-0.3, -0.25) is 9.36 Å². The number of carbonyl (C=O) groups is 1. The van der Waals surface area contributed by atoms with Crippen molar-refractivity contribution in [2.75, 3.05) is 20.3 Å². The lowest BCUT2D eigenvalue weighted by Crippen LogP contribution is -2.36. The molecule has 0 saturated carbocycles. The highest BCUT2D eigenvalue weighted by Gasteiger charge is 2.31. The van der Waals surface area contributed by atoms with Crippen molar-refractivity contribution in [1.29, 1.82) is 0 Å². The molecule has 0 N–H and O–H groups in total. The minimum Gasteiger partial charge on any atom is -0.468 e. The summed E-state index contributed by atoms with van der Waals surface area (Å²) in [6, 6.07) is -0.633. The summed E-state index contributed by atoms with van der Waals surface area (Å²) in [7, 11) is 1.28. The van der Waals surface area contributed by atoms with Crippen LogP contribution >= 0.6 is 17.9 Å². The number of esters is 1. The number of nitrogens with zero attached hydrogens (tertiary/aromatic N) is 1. The molecule has 0 aliphatic heterocycles. The molecule has 1 unspecified atom stereocenters. The molecule has 0 amide bonds. The van der Waals surface area contributed by atoms with Gasteiger partial charge in [0, 0.05) is 13.2 Å². The number of ether oxygens (including phenoxy) is 1. The van der Waals surface area contributed by atoms with Gasteiger partial charge in [0.1, 0.15) is 6.04 Å². The van der Waals surface area contributed by atoms with E-state index in [1.165, 1.54) is 24.5 Å². The summed E-state index contributed by atoms with van der Waals surface area (Å²) < 4.78 is 17.5. The molecule has 0 radical (unpaired) electrons. The van der Waals surface area contributed by atoms with Crippen LogP contribution in [-0.2, 0) is 14.1 Å². The smallest absolute Gasteiger partial charge is 0.323 e. The molecule has 0 rings (SSSR count). The molecule has 0 heterocycles. The lowest BCUT2D eigenvalue weighted by atomic mass is 10.3. The zero-order valence-corrected chi connectivity index (χ0v) is 10.2. The highest BCUT2D eigenvalue weighted by Crippen LogP contribution is 2.52. The largest absolute Gasteiger partial charge is 0.468 e. The Morgan fingerprint density at radius 2 is 2.29 bits per heavy atom. The first-order valence-corrected chi connectivity index (χ1v) is 7.08. The maximum atomic E-state index is 11.6. The molecule has 0 aliphatic rings. The van der Waals surface area contributed by atoms with Gasteiger partial charge in [-0.15, -0.1) is 6.58 Å². The number of halogens is 1. The fourth-order valence-electron chi connectivity index (χ4n) is 1.04. The van der Waals surface area contributed by atoms with E-state index in [0.717, 1.165) is 0 Å². The average Bonchev–Trinajstić information content (AvgIpc) is 2.09. The number of carbonyl (C=O) groups excluding carboxylic acids is 1. The van der Waals surface area contributed by atoms with Crippen molar-refractivity contribution in [1.82, 2.24) is 4.67 Å². The van der Waals surface area contributed by atoms with Crippen LogP contribution in [0.25, 0.3) is 0 Å². The van der Waals surface area contributed by atoms with Crippen LogP contribution in [0.3, 0.4) is 0 Å². The zero-order valence-electron chi connectivity index (χ0n) is 8.57. The van der Waals surface area contributed by atoms with Crippen LogP contribution in [0.4, 0.5) is 0 Å². The quantitative estimate of drug-likeness (QED) is 0.419. The van der Waals surface area contributed by atoms with Crippen molar-refractivity contribution in [3.63, 3.8) is 0 Å². The first kappa shape index (κ1) is 13.7. The Labute approximate surface area is 89.1 Å². The standard InChI is InChI=1S/C8H15ClNO3P/c1-5-6-10(14(4,9)12)7(2)8(11)13-3/h5,7H,1,6H2,2-4H3/t7-,14?/m0/s1. The molecule has 0 bridgehead atoms. The highest BCUT2D eigenvalue weighted by atomic mass is 35.7. The van der Waals surface area contributed by atoms with Crippen molar-refractivity contribution in [2.45, 2.75) is 13.0 Å². The summed E-state index contributed by atoms with van der Waals surface area (Å²) in [4.78, 5) is 11.2. The lowest BCUT2D eigenvalue weighted by molar-refractivity contribution is -0.144. The van der Waals surface area contributed by atoms with Crippen molar-refractivity contribution in [2.24, 2.45) is 0 Å². The molecule has 0 aromatic rings. The van der Waals surface area contributed by atoms with Crippen LogP contribution in [0.1, 0.15) is 6.92 Å². The number of methoxy groups -OCH3 is 1. The molecule has 82 valence electrons. The van der Waals surface area contributed by atoms with E-state index in [1.807, 2.05) is 0 Å². The maximum absolute atomic E-state index is 11.6. The Hall–Kier alpha value is -0.310. The normalized spacial score (nSPS) is 17.2. The van der Waals surface area contributed by atoms with Crippen LogP contribution in [-0.4, -0.2) is 37.0 Å². The summed E-state index contributed by atoms with van der Waals surface area (Å²) in [5.41, 5.74) is 0. The minimum atomic E-state index is -2.98. The van der Waals surface area contributed by atoms with Crippen LogP contribution in [0, 0.1) is 0 Å². The van der Waals surface area contributed by atoms with Crippen LogP contribution in [0.15, 0.2) is 12.7 Å². The van der Waals surface area contributed by atoms with Gasteiger partial charge in [-0.2, -0.15) is 0 Å². The molecule has 0 spiro atoms. The van der Waals surface area contributed by atoms with Gasteiger partial charge in [0.05, 0.1) is 7.11 Å². The van der Waals surface area contributed by atoms with Gasteiger partial charge in [-0.25, -0.2) is 4.67 Å². The second kappa shape index (κ2) is 5.54. The van der Waals surface area contributed by atoms with E-state index in [-0.39, 0.29) is 6.54 Å². The van der Waals surface area contributed by atoms with Crippen LogP contribution < -0.4 is 0 Å². The Kier molecular flexibility index (Phi) is 5.42. The Balaban J connectivity index is 4.74.